The van der Waals surface area contributed by atoms with Gasteiger partial charge in [0.15, 0.2) is 11.6 Å². The number of carbonyl (C=O) groups is 2. The summed E-state index contributed by atoms with van der Waals surface area (Å²) in [6.07, 6.45) is 0. The first-order chi connectivity index (χ1) is 7.80. The normalized spacial score (nSPS) is 11.1. The molecule has 1 rings (SSSR count). The van der Waals surface area contributed by atoms with Gasteiger partial charge in [0.1, 0.15) is 12.4 Å². The molecule has 0 amide bonds. The molecule has 0 atom stereocenters. The second-order valence-electron chi connectivity index (χ2n) is 5.05. The first-order valence-corrected chi connectivity index (χ1v) is 5.58. The van der Waals surface area contributed by atoms with Crippen LogP contribution < -0.4 is 4.74 Å². The lowest BCUT2D eigenvalue weighted by Gasteiger charge is -2.16. The molecule has 1 aromatic rings. The van der Waals surface area contributed by atoms with Crippen LogP contribution in [0.2, 0.25) is 0 Å². The quantitative estimate of drug-likeness (QED) is 0.752. The number of benzene rings is 1. The molecule has 0 spiro atoms. The molecule has 0 unspecified atom stereocenters. The number of ether oxygens (including phenoxy) is 1. The van der Waals surface area contributed by atoms with Crippen LogP contribution in [0.1, 0.15) is 38.1 Å². The maximum absolute atomic E-state index is 11.7. The third kappa shape index (κ3) is 4.02. The molecule has 0 aliphatic heterocycles. The summed E-state index contributed by atoms with van der Waals surface area (Å²) in [4.78, 5) is 22.8. The first-order valence-electron chi connectivity index (χ1n) is 5.58. The van der Waals surface area contributed by atoms with Crippen LogP contribution in [0.4, 0.5) is 0 Å². The molecule has 0 aliphatic carbocycles. The highest BCUT2D eigenvalue weighted by molar-refractivity contribution is 5.94. The highest BCUT2D eigenvalue weighted by atomic mass is 16.5. The minimum Gasteiger partial charge on any atom is -0.486 e. The Bertz CT molecular complexity index is 427. The summed E-state index contributed by atoms with van der Waals surface area (Å²) in [6.45, 7) is 7.09. The van der Waals surface area contributed by atoms with Gasteiger partial charge in [-0.1, -0.05) is 32.9 Å². The standard InChI is InChI=1S/C14H18O3/c1-10(15)11-6-5-7-12(8-11)17-9-13(16)14(2,3)4/h5-8H,9H2,1-4H3. The van der Waals surface area contributed by atoms with E-state index >= 15 is 0 Å². The second-order valence-corrected chi connectivity index (χ2v) is 5.05. The summed E-state index contributed by atoms with van der Waals surface area (Å²) < 4.78 is 5.38. The zero-order chi connectivity index (χ0) is 13.1. The molecular formula is C14H18O3. The van der Waals surface area contributed by atoms with Crippen molar-refractivity contribution >= 4 is 11.6 Å². The van der Waals surface area contributed by atoms with Crippen molar-refractivity contribution in [2.24, 2.45) is 5.41 Å². The Balaban J connectivity index is 2.67. The Morgan fingerprint density at radius 3 is 2.41 bits per heavy atom. The molecule has 3 heteroatoms. The van der Waals surface area contributed by atoms with Crippen molar-refractivity contribution in [2.45, 2.75) is 27.7 Å². The van der Waals surface area contributed by atoms with Crippen LogP contribution in [0.15, 0.2) is 24.3 Å². The van der Waals surface area contributed by atoms with Crippen LogP contribution in [0.25, 0.3) is 0 Å². The Labute approximate surface area is 102 Å². The van der Waals surface area contributed by atoms with Gasteiger partial charge in [-0.15, -0.1) is 0 Å². The monoisotopic (exact) mass is 234 g/mol. The van der Waals surface area contributed by atoms with E-state index in [2.05, 4.69) is 0 Å². The summed E-state index contributed by atoms with van der Waals surface area (Å²) in [5.74, 6) is 0.568. The van der Waals surface area contributed by atoms with Gasteiger partial charge in [-0.25, -0.2) is 0 Å². The van der Waals surface area contributed by atoms with E-state index in [1.165, 1.54) is 6.92 Å². The molecule has 0 N–H and O–H groups in total. The van der Waals surface area contributed by atoms with Crippen molar-refractivity contribution in [1.29, 1.82) is 0 Å². The maximum atomic E-state index is 11.7. The van der Waals surface area contributed by atoms with Gasteiger partial charge in [-0.2, -0.15) is 0 Å². The molecule has 0 aromatic heterocycles. The molecule has 0 saturated heterocycles. The van der Waals surface area contributed by atoms with Gasteiger partial charge < -0.3 is 4.74 Å². The van der Waals surface area contributed by atoms with E-state index in [1.807, 2.05) is 20.8 Å². The summed E-state index contributed by atoms with van der Waals surface area (Å²) in [6, 6.07) is 6.86. The number of hydrogen-bond acceptors (Lipinski definition) is 3. The third-order valence-electron chi connectivity index (χ3n) is 2.45. The average molecular weight is 234 g/mol. The summed E-state index contributed by atoms with van der Waals surface area (Å²) in [5, 5.41) is 0. The largest absolute Gasteiger partial charge is 0.486 e. The lowest BCUT2D eigenvalue weighted by Crippen LogP contribution is -2.26. The van der Waals surface area contributed by atoms with Gasteiger partial charge in [-0.3, -0.25) is 9.59 Å². The fourth-order valence-corrected chi connectivity index (χ4v) is 1.17. The fourth-order valence-electron chi connectivity index (χ4n) is 1.17. The molecule has 0 aliphatic rings. The van der Waals surface area contributed by atoms with Crippen LogP contribution in [0.5, 0.6) is 5.75 Å². The topological polar surface area (TPSA) is 43.4 Å². The zero-order valence-corrected chi connectivity index (χ0v) is 10.7. The SMILES string of the molecule is CC(=O)c1cccc(OCC(=O)C(C)(C)C)c1. The van der Waals surface area contributed by atoms with E-state index < -0.39 is 5.41 Å². The molecule has 0 radical (unpaired) electrons. The molecule has 0 fully saturated rings. The lowest BCUT2D eigenvalue weighted by atomic mass is 9.91. The van der Waals surface area contributed by atoms with E-state index in [0.717, 1.165) is 0 Å². The lowest BCUT2D eigenvalue weighted by molar-refractivity contribution is -0.128. The number of Topliss-reactive ketones (excluding diaryl/α,β-unsaturated/α-hetero) is 2. The van der Waals surface area contributed by atoms with Crippen LogP contribution >= 0.6 is 0 Å². The van der Waals surface area contributed by atoms with Crippen molar-refractivity contribution in [3.8, 4) is 5.75 Å². The van der Waals surface area contributed by atoms with Gasteiger partial charge in [0, 0.05) is 11.0 Å². The second kappa shape index (κ2) is 5.13. The fraction of sp³-hybridized carbons (Fsp3) is 0.429. The Hall–Kier alpha value is -1.64. The Morgan fingerprint density at radius 1 is 1.24 bits per heavy atom. The Kier molecular flexibility index (Phi) is 4.05. The first kappa shape index (κ1) is 13.4. The highest BCUT2D eigenvalue weighted by Gasteiger charge is 2.21. The van der Waals surface area contributed by atoms with Crippen molar-refractivity contribution in [2.75, 3.05) is 6.61 Å². The average Bonchev–Trinajstić information content (AvgIpc) is 2.25. The molecule has 92 valence electrons. The minimum absolute atomic E-state index is 0.0161. The third-order valence-corrected chi connectivity index (χ3v) is 2.45. The van der Waals surface area contributed by atoms with E-state index in [-0.39, 0.29) is 18.2 Å². The number of hydrogen-bond donors (Lipinski definition) is 0. The zero-order valence-electron chi connectivity index (χ0n) is 10.7. The highest BCUT2D eigenvalue weighted by Crippen LogP contribution is 2.17. The molecular weight excluding hydrogens is 216 g/mol. The minimum atomic E-state index is -0.405. The van der Waals surface area contributed by atoms with E-state index in [9.17, 15) is 9.59 Å². The molecule has 1 aromatic carbocycles. The Morgan fingerprint density at radius 2 is 1.88 bits per heavy atom. The molecule has 0 bridgehead atoms. The van der Waals surface area contributed by atoms with Gasteiger partial charge in [0.25, 0.3) is 0 Å². The molecule has 3 nitrogen and oxygen atoms in total. The number of carbonyl (C=O) groups excluding carboxylic acids is 2. The predicted octanol–water partition coefficient (Wildman–Crippen LogP) is 2.88. The van der Waals surface area contributed by atoms with E-state index in [4.69, 9.17) is 4.74 Å². The van der Waals surface area contributed by atoms with Gasteiger partial charge in [-0.05, 0) is 19.1 Å². The van der Waals surface area contributed by atoms with Gasteiger partial charge >= 0.3 is 0 Å². The smallest absolute Gasteiger partial charge is 0.175 e. The van der Waals surface area contributed by atoms with E-state index in [0.29, 0.717) is 11.3 Å². The molecule has 17 heavy (non-hydrogen) atoms. The van der Waals surface area contributed by atoms with E-state index in [1.54, 1.807) is 24.3 Å². The van der Waals surface area contributed by atoms with Crippen LogP contribution in [-0.2, 0) is 4.79 Å². The van der Waals surface area contributed by atoms with Crippen molar-refractivity contribution in [3.05, 3.63) is 29.8 Å². The predicted molar refractivity (Wildman–Crippen MR) is 66.4 cm³/mol. The molecule has 0 heterocycles. The summed E-state index contributed by atoms with van der Waals surface area (Å²) >= 11 is 0. The number of ketones is 2. The summed E-state index contributed by atoms with van der Waals surface area (Å²) in [5.41, 5.74) is 0.184. The number of rotatable bonds is 4. The van der Waals surface area contributed by atoms with Gasteiger partial charge in [0.05, 0.1) is 0 Å². The van der Waals surface area contributed by atoms with Gasteiger partial charge in [0.2, 0.25) is 0 Å². The maximum Gasteiger partial charge on any atom is 0.175 e. The van der Waals surface area contributed by atoms with Crippen LogP contribution in [-0.4, -0.2) is 18.2 Å². The molecule has 0 saturated carbocycles. The van der Waals surface area contributed by atoms with Crippen molar-refractivity contribution in [3.63, 3.8) is 0 Å². The summed E-state index contributed by atoms with van der Waals surface area (Å²) in [7, 11) is 0. The van der Waals surface area contributed by atoms with Crippen molar-refractivity contribution in [1.82, 2.24) is 0 Å². The van der Waals surface area contributed by atoms with Crippen molar-refractivity contribution < 1.29 is 14.3 Å². The van der Waals surface area contributed by atoms with Crippen LogP contribution in [0, 0.1) is 5.41 Å². The van der Waals surface area contributed by atoms with Crippen LogP contribution in [0.3, 0.4) is 0 Å².